The molecule has 0 amide bonds. The fraction of sp³-hybridized carbons (Fsp3) is 0.700. The first-order chi connectivity index (χ1) is 6.35. The van der Waals surface area contributed by atoms with Crippen LogP contribution >= 0.6 is 0 Å². The largest absolute Gasteiger partial charge is 0.385 e. The van der Waals surface area contributed by atoms with Gasteiger partial charge in [-0.2, -0.15) is 0 Å². The highest BCUT2D eigenvalue weighted by Crippen LogP contribution is 1.89. The molecular formula is C10H20N2O. The molecule has 0 bridgehead atoms. The van der Waals surface area contributed by atoms with Gasteiger partial charge in [-0.05, 0) is 12.8 Å². The van der Waals surface area contributed by atoms with E-state index in [9.17, 15) is 0 Å². The molecule has 0 spiro atoms. The molecule has 0 heterocycles. The van der Waals surface area contributed by atoms with Gasteiger partial charge in [-0.3, -0.25) is 4.99 Å². The van der Waals surface area contributed by atoms with Gasteiger partial charge in [0.2, 0.25) is 0 Å². The molecule has 0 saturated carbocycles. The lowest BCUT2D eigenvalue weighted by atomic mass is 10.3. The van der Waals surface area contributed by atoms with E-state index >= 15 is 0 Å². The summed E-state index contributed by atoms with van der Waals surface area (Å²) < 4.78 is 4.95. The first-order valence-corrected chi connectivity index (χ1v) is 4.70. The zero-order valence-corrected chi connectivity index (χ0v) is 8.84. The number of rotatable bonds is 7. The molecule has 0 unspecified atom stereocenters. The molecule has 0 aliphatic rings. The van der Waals surface area contributed by atoms with E-state index in [1.54, 1.807) is 14.2 Å². The summed E-state index contributed by atoms with van der Waals surface area (Å²) in [6.45, 7) is 3.85. The molecule has 0 aliphatic heterocycles. The Labute approximate surface area is 80.9 Å². The lowest BCUT2D eigenvalue weighted by Gasteiger charge is -2.05. The van der Waals surface area contributed by atoms with Gasteiger partial charge in [-0.1, -0.05) is 13.0 Å². The Morgan fingerprint density at radius 1 is 1.54 bits per heavy atom. The zero-order chi connectivity index (χ0) is 9.94. The summed E-state index contributed by atoms with van der Waals surface area (Å²) >= 11 is 0. The van der Waals surface area contributed by atoms with Gasteiger partial charge in [0.15, 0.2) is 0 Å². The average Bonchev–Trinajstić information content (AvgIpc) is 2.13. The first-order valence-electron chi connectivity index (χ1n) is 4.70. The second-order valence-electron chi connectivity index (χ2n) is 2.73. The van der Waals surface area contributed by atoms with Crippen LogP contribution in [0.1, 0.15) is 19.8 Å². The van der Waals surface area contributed by atoms with Crippen LogP contribution in [0.4, 0.5) is 0 Å². The molecule has 3 heteroatoms. The van der Waals surface area contributed by atoms with Crippen molar-refractivity contribution in [2.45, 2.75) is 19.8 Å². The van der Waals surface area contributed by atoms with Crippen molar-refractivity contribution in [2.24, 2.45) is 4.99 Å². The molecule has 0 radical (unpaired) electrons. The number of hydrogen-bond donors (Lipinski definition) is 1. The number of nitrogens with zero attached hydrogens (tertiary/aromatic N) is 1. The highest BCUT2D eigenvalue weighted by molar-refractivity contribution is 5.77. The van der Waals surface area contributed by atoms with Gasteiger partial charge in [0.1, 0.15) is 0 Å². The van der Waals surface area contributed by atoms with E-state index in [2.05, 4.69) is 23.3 Å². The molecule has 0 aliphatic carbocycles. The molecule has 1 N–H and O–H groups in total. The maximum Gasteiger partial charge on any atom is 0.0480 e. The van der Waals surface area contributed by atoms with Crippen LogP contribution in [-0.2, 0) is 4.74 Å². The van der Waals surface area contributed by atoms with E-state index < -0.39 is 0 Å². The van der Waals surface area contributed by atoms with Crippen LogP contribution in [0.15, 0.2) is 16.8 Å². The summed E-state index contributed by atoms with van der Waals surface area (Å²) in [7, 11) is 3.50. The lowest BCUT2D eigenvalue weighted by molar-refractivity contribution is 0.195. The van der Waals surface area contributed by atoms with E-state index in [1.165, 1.54) is 0 Å². The number of hydrogen-bond acceptors (Lipinski definition) is 3. The smallest absolute Gasteiger partial charge is 0.0480 e. The van der Waals surface area contributed by atoms with E-state index in [0.717, 1.165) is 31.7 Å². The topological polar surface area (TPSA) is 33.6 Å². The minimum atomic E-state index is 0.801. The Morgan fingerprint density at radius 2 is 2.31 bits per heavy atom. The summed E-state index contributed by atoms with van der Waals surface area (Å²) in [5.41, 5.74) is 1.10. The third-order valence-electron chi connectivity index (χ3n) is 1.55. The van der Waals surface area contributed by atoms with Crippen LogP contribution in [0.2, 0.25) is 0 Å². The monoisotopic (exact) mass is 184 g/mol. The number of aliphatic imine (C=N–C) groups is 1. The quantitative estimate of drug-likeness (QED) is 0.481. The van der Waals surface area contributed by atoms with Gasteiger partial charge in [0, 0.05) is 39.2 Å². The molecule has 3 nitrogen and oxygen atoms in total. The van der Waals surface area contributed by atoms with Crippen LogP contribution in [0.25, 0.3) is 0 Å². The number of nitrogens with one attached hydrogen (secondary N) is 1. The minimum absolute atomic E-state index is 0.801. The number of methoxy groups -OCH3 is 1. The van der Waals surface area contributed by atoms with Crippen LogP contribution in [0.5, 0.6) is 0 Å². The molecule has 13 heavy (non-hydrogen) atoms. The second kappa shape index (κ2) is 9.26. The van der Waals surface area contributed by atoms with Crippen LogP contribution < -0.4 is 5.32 Å². The van der Waals surface area contributed by atoms with Gasteiger partial charge < -0.3 is 10.1 Å². The fourth-order valence-corrected chi connectivity index (χ4v) is 0.979. The van der Waals surface area contributed by atoms with Crippen molar-refractivity contribution in [3.8, 4) is 0 Å². The molecule has 0 aromatic heterocycles. The third-order valence-corrected chi connectivity index (χ3v) is 1.55. The normalized spacial score (nSPS) is 12.4. The van der Waals surface area contributed by atoms with Gasteiger partial charge in [-0.25, -0.2) is 0 Å². The SMILES string of the molecule is CC/C=C(\C=NC)NCCCOC. The Morgan fingerprint density at radius 3 is 2.85 bits per heavy atom. The second-order valence-corrected chi connectivity index (χ2v) is 2.73. The molecule has 0 aromatic rings. The van der Waals surface area contributed by atoms with Crippen molar-refractivity contribution in [1.82, 2.24) is 5.32 Å². The van der Waals surface area contributed by atoms with E-state index in [0.29, 0.717) is 0 Å². The predicted octanol–water partition coefficient (Wildman–Crippen LogP) is 1.61. The Balaban J connectivity index is 3.64. The van der Waals surface area contributed by atoms with Crippen LogP contribution in [0.3, 0.4) is 0 Å². The van der Waals surface area contributed by atoms with Gasteiger partial charge in [0.25, 0.3) is 0 Å². The summed E-state index contributed by atoms with van der Waals surface area (Å²) in [6.07, 6.45) is 6.02. The van der Waals surface area contributed by atoms with E-state index in [-0.39, 0.29) is 0 Å². The lowest BCUT2D eigenvalue weighted by Crippen LogP contribution is -2.17. The van der Waals surface area contributed by atoms with Gasteiger partial charge in [0.05, 0.1) is 0 Å². The predicted molar refractivity (Wildman–Crippen MR) is 57.3 cm³/mol. The zero-order valence-electron chi connectivity index (χ0n) is 8.84. The van der Waals surface area contributed by atoms with Gasteiger partial charge in [-0.15, -0.1) is 0 Å². The number of allylic oxidation sites excluding steroid dienone is 2. The highest BCUT2D eigenvalue weighted by atomic mass is 16.5. The van der Waals surface area contributed by atoms with Gasteiger partial charge >= 0.3 is 0 Å². The maximum absolute atomic E-state index is 4.95. The molecule has 0 fully saturated rings. The summed E-state index contributed by atoms with van der Waals surface area (Å²) in [5, 5.41) is 3.29. The summed E-state index contributed by atoms with van der Waals surface area (Å²) in [6, 6.07) is 0. The van der Waals surface area contributed by atoms with Crippen molar-refractivity contribution in [2.75, 3.05) is 27.3 Å². The molecule has 0 saturated heterocycles. The molecular weight excluding hydrogens is 164 g/mol. The van der Waals surface area contributed by atoms with Crippen molar-refractivity contribution in [1.29, 1.82) is 0 Å². The molecule has 76 valence electrons. The minimum Gasteiger partial charge on any atom is -0.385 e. The number of ether oxygens (including phenoxy) is 1. The maximum atomic E-state index is 4.95. The summed E-state index contributed by atoms with van der Waals surface area (Å²) in [4.78, 5) is 3.97. The fourth-order valence-electron chi connectivity index (χ4n) is 0.979. The molecule has 0 aromatic carbocycles. The molecule has 0 rings (SSSR count). The van der Waals surface area contributed by atoms with Crippen molar-refractivity contribution >= 4 is 6.21 Å². The van der Waals surface area contributed by atoms with Crippen LogP contribution in [-0.4, -0.2) is 33.5 Å². The van der Waals surface area contributed by atoms with Crippen molar-refractivity contribution in [3.05, 3.63) is 11.8 Å². The Hall–Kier alpha value is -0.830. The van der Waals surface area contributed by atoms with Crippen LogP contribution in [0, 0.1) is 0 Å². The highest BCUT2D eigenvalue weighted by Gasteiger charge is 1.90. The Bertz CT molecular complexity index is 164. The average molecular weight is 184 g/mol. The van der Waals surface area contributed by atoms with E-state index in [1.807, 2.05) is 6.21 Å². The van der Waals surface area contributed by atoms with E-state index in [4.69, 9.17) is 4.74 Å². The van der Waals surface area contributed by atoms with Crippen molar-refractivity contribution < 1.29 is 4.74 Å². The standard InChI is InChI=1S/C10H20N2O/c1-4-6-10(9-11-2)12-7-5-8-13-3/h6,9,12H,4-5,7-8H2,1-3H3/b10-6+,11-9?. The molecule has 0 atom stereocenters. The summed E-state index contributed by atoms with van der Waals surface area (Å²) in [5.74, 6) is 0. The first kappa shape index (κ1) is 12.2. The van der Waals surface area contributed by atoms with Crippen molar-refractivity contribution in [3.63, 3.8) is 0 Å². The Kier molecular flexibility index (Phi) is 8.67. The third kappa shape index (κ3) is 7.53.